The summed E-state index contributed by atoms with van der Waals surface area (Å²) in [6.07, 6.45) is 0. The molecule has 0 N–H and O–H groups in total. The predicted molar refractivity (Wildman–Crippen MR) is 116 cm³/mol. The predicted octanol–water partition coefficient (Wildman–Crippen LogP) is 2.79. The van der Waals surface area contributed by atoms with Crippen molar-refractivity contribution in [1.29, 1.82) is 0 Å². The van der Waals surface area contributed by atoms with E-state index >= 15 is 0 Å². The normalized spacial score (nSPS) is 17.8. The molecule has 0 radical (unpaired) electrons. The van der Waals surface area contributed by atoms with Gasteiger partial charge in [-0.2, -0.15) is 4.31 Å². The molecule has 0 atom stereocenters. The van der Waals surface area contributed by atoms with Gasteiger partial charge in [-0.15, -0.1) is 11.8 Å². The Labute approximate surface area is 180 Å². The number of halogens is 1. The van der Waals surface area contributed by atoms with Crippen molar-refractivity contribution in [3.05, 3.63) is 53.6 Å². The summed E-state index contributed by atoms with van der Waals surface area (Å²) in [6.45, 7) is 2.44. The molecule has 29 heavy (non-hydrogen) atoms. The number of benzene rings is 2. The average molecular weight is 452 g/mol. The summed E-state index contributed by atoms with van der Waals surface area (Å²) in [5.74, 6) is 0.982. The fraction of sp³-hybridized carbons (Fsp3) is 0.350. The molecule has 0 aliphatic carbocycles. The van der Waals surface area contributed by atoms with Crippen LogP contribution in [0.5, 0.6) is 0 Å². The van der Waals surface area contributed by atoms with Crippen molar-refractivity contribution in [2.75, 3.05) is 49.9 Å². The maximum Gasteiger partial charge on any atom is 0.244 e. The fourth-order valence-corrected chi connectivity index (χ4v) is 6.59. The van der Waals surface area contributed by atoms with Crippen LogP contribution in [0.4, 0.5) is 5.69 Å². The zero-order valence-electron chi connectivity index (χ0n) is 15.8. The van der Waals surface area contributed by atoms with E-state index in [1.54, 1.807) is 34.9 Å². The minimum absolute atomic E-state index is 0.0292. The number of anilines is 1. The second kappa shape index (κ2) is 8.55. The molecule has 0 spiro atoms. The topological polar surface area (TPSA) is 60.9 Å². The Hall–Kier alpha value is -1.74. The number of rotatable bonds is 4. The number of sulfonamides is 1. The molecule has 154 valence electrons. The highest BCUT2D eigenvalue weighted by molar-refractivity contribution is 7.99. The van der Waals surface area contributed by atoms with Crippen LogP contribution in [-0.2, 0) is 14.8 Å². The summed E-state index contributed by atoms with van der Waals surface area (Å²) in [6, 6.07) is 14.6. The number of carbonyl (C=O) groups is 1. The van der Waals surface area contributed by atoms with Gasteiger partial charge < -0.3 is 9.80 Å². The van der Waals surface area contributed by atoms with Gasteiger partial charge in [-0.1, -0.05) is 35.9 Å². The lowest BCUT2D eigenvalue weighted by molar-refractivity contribution is -0.130. The first kappa shape index (κ1) is 20.5. The van der Waals surface area contributed by atoms with Gasteiger partial charge in [-0.05, 0) is 24.3 Å². The molecule has 2 aromatic rings. The highest BCUT2D eigenvalue weighted by Crippen LogP contribution is 2.34. The largest absolute Gasteiger partial charge is 0.360 e. The molecular weight excluding hydrogens is 430 g/mol. The molecule has 1 fully saturated rings. The average Bonchev–Trinajstić information content (AvgIpc) is 2.74. The number of nitrogens with zero attached hydrogens (tertiary/aromatic N) is 3. The van der Waals surface area contributed by atoms with Gasteiger partial charge in [-0.25, -0.2) is 8.42 Å². The van der Waals surface area contributed by atoms with Gasteiger partial charge in [0, 0.05) is 43.4 Å². The summed E-state index contributed by atoms with van der Waals surface area (Å²) >= 11 is 7.89. The first-order chi connectivity index (χ1) is 14.0. The monoisotopic (exact) mass is 451 g/mol. The van der Waals surface area contributed by atoms with Crippen LogP contribution in [-0.4, -0.2) is 68.6 Å². The van der Waals surface area contributed by atoms with E-state index < -0.39 is 10.0 Å². The maximum atomic E-state index is 12.9. The Morgan fingerprint density at radius 1 is 0.966 bits per heavy atom. The molecule has 2 aliphatic heterocycles. The quantitative estimate of drug-likeness (QED) is 0.715. The molecule has 9 heteroatoms. The van der Waals surface area contributed by atoms with Gasteiger partial charge in [0.05, 0.1) is 17.3 Å². The summed E-state index contributed by atoms with van der Waals surface area (Å²) in [4.78, 5) is 18.0. The third kappa shape index (κ3) is 4.26. The molecule has 0 saturated carbocycles. The molecule has 1 amide bonds. The van der Waals surface area contributed by atoms with Crippen LogP contribution in [0.25, 0.3) is 0 Å². The Morgan fingerprint density at radius 3 is 2.41 bits per heavy atom. The van der Waals surface area contributed by atoms with Crippen LogP contribution >= 0.6 is 23.4 Å². The van der Waals surface area contributed by atoms with Gasteiger partial charge >= 0.3 is 0 Å². The van der Waals surface area contributed by atoms with Crippen molar-refractivity contribution < 1.29 is 13.2 Å². The molecule has 6 nitrogen and oxygen atoms in total. The molecule has 0 bridgehead atoms. The summed E-state index contributed by atoms with van der Waals surface area (Å²) in [5.41, 5.74) is 1.09. The third-order valence-electron chi connectivity index (χ3n) is 5.20. The molecule has 1 saturated heterocycles. The van der Waals surface area contributed by atoms with E-state index in [1.165, 1.54) is 15.3 Å². The van der Waals surface area contributed by atoms with E-state index in [1.807, 2.05) is 18.2 Å². The minimum Gasteiger partial charge on any atom is -0.360 e. The van der Waals surface area contributed by atoms with Crippen LogP contribution in [0.2, 0.25) is 5.02 Å². The first-order valence-corrected chi connectivity index (χ1v) is 12.3. The van der Waals surface area contributed by atoms with Crippen molar-refractivity contribution in [3.63, 3.8) is 0 Å². The van der Waals surface area contributed by atoms with Crippen molar-refractivity contribution in [2.24, 2.45) is 0 Å². The van der Waals surface area contributed by atoms with Crippen molar-refractivity contribution in [1.82, 2.24) is 9.21 Å². The van der Waals surface area contributed by atoms with Gasteiger partial charge in [0.2, 0.25) is 15.9 Å². The second-order valence-corrected chi connectivity index (χ2v) is 10.4. The number of para-hydroxylation sites is 1. The maximum absolute atomic E-state index is 12.9. The van der Waals surface area contributed by atoms with E-state index in [0.29, 0.717) is 19.6 Å². The number of thioether (sulfide) groups is 1. The van der Waals surface area contributed by atoms with Crippen molar-refractivity contribution >= 4 is 45.0 Å². The van der Waals surface area contributed by atoms with Crippen LogP contribution in [0.1, 0.15) is 0 Å². The Kier molecular flexibility index (Phi) is 6.06. The number of hydrogen-bond donors (Lipinski definition) is 0. The Morgan fingerprint density at radius 2 is 1.66 bits per heavy atom. The third-order valence-corrected chi connectivity index (χ3v) is 8.64. The van der Waals surface area contributed by atoms with E-state index in [4.69, 9.17) is 11.6 Å². The first-order valence-electron chi connectivity index (χ1n) is 9.46. The SMILES string of the molecule is O=C(CN1CCSc2ccccc21)N1CCN(S(=O)(=O)c2ccccc2Cl)CC1. The lowest BCUT2D eigenvalue weighted by Crippen LogP contribution is -2.53. The van der Waals surface area contributed by atoms with Crippen molar-refractivity contribution in [2.45, 2.75) is 9.79 Å². The lowest BCUT2D eigenvalue weighted by atomic mass is 10.2. The lowest BCUT2D eigenvalue weighted by Gasteiger charge is -2.36. The van der Waals surface area contributed by atoms with Gasteiger partial charge in [0.15, 0.2) is 0 Å². The van der Waals surface area contributed by atoms with E-state index in [0.717, 1.165) is 18.0 Å². The number of fused-ring (bicyclic) bond motifs is 1. The zero-order valence-corrected chi connectivity index (χ0v) is 18.2. The molecule has 4 rings (SSSR count). The van der Waals surface area contributed by atoms with Crippen LogP contribution in [0.3, 0.4) is 0 Å². The molecule has 2 heterocycles. The molecule has 2 aromatic carbocycles. The van der Waals surface area contributed by atoms with E-state index in [9.17, 15) is 13.2 Å². The molecular formula is C20H22ClN3O3S2. The number of carbonyl (C=O) groups excluding carboxylic acids is 1. The second-order valence-electron chi connectivity index (χ2n) is 6.95. The molecule has 2 aliphatic rings. The van der Waals surface area contributed by atoms with Crippen molar-refractivity contribution in [3.8, 4) is 0 Å². The van der Waals surface area contributed by atoms with Gasteiger partial charge in [0.1, 0.15) is 4.90 Å². The smallest absolute Gasteiger partial charge is 0.244 e. The zero-order chi connectivity index (χ0) is 20.4. The summed E-state index contributed by atoms with van der Waals surface area (Å²) in [7, 11) is -3.66. The minimum atomic E-state index is -3.66. The van der Waals surface area contributed by atoms with Crippen LogP contribution in [0.15, 0.2) is 58.3 Å². The van der Waals surface area contributed by atoms with Gasteiger partial charge in [0.25, 0.3) is 0 Å². The van der Waals surface area contributed by atoms with E-state index in [2.05, 4.69) is 11.0 Å². The van der Waals surface area contributed by atoms with Crippen LogP contribution < -0.4 is 4.90 Å². The molecule has 0 unspecified atom stereocenters. The Bertz CT molecular complexity index is 1010. The summed E-state index contributed by atoms with van der Waals surface area (Å²) < 4.78 is 27.1. The standard InChI is InChI=1S/C20H22ClN3O3S2/c21-16-5-1-4-8-19(16)29(26,27)24-11-9-22(10-12-24)20(25)15-23-13-14-28-18-7-3-2-6-17(18)23/h1-8H,9-15H2. The number of amides is 1. The van der Waals surface area contributed by atoms with E-state index in [-0.39, 0.29) is 28.9 Å². The highest BCUT2D eigenvalue weighted by Gasteiger charge is 2.32. The number of hydrogen-bond acceptors (Lipinski definition) is 5. The van der Waals surface area contributed by atoms with Crippen LogP contribution in [0, 0.1) is 0 Å². The summed E-state index contributed by atoms with van der Waals surface area (Å²) in [5, 5.41) is 0.215. The number of piperazine rings is 1. The highest BCUT2D eigenvalue weighted by atomic mass is 35.5. The van der Waals surface area contributed by atoms with Gasteiger partial charge in [-0.3, -0.25) is 4.79 Å². The Balaban J connectivity index is 1.39. The molecule has 0 aromatic heterocycles. The fourth-order valence-electron chi connectivity index (χ4n) is 3.63.